The number of carboxylic acid groups (broad SMARTS) is 2. The van der Waals surface area contributed by atoms with Crippen molar-refractivity contribution < 1.29 is 39.3 Å². The zero-order valence-corrected chi connectivity index (χ0v) is 19.1. The van der Waals surface area contributed by atoms with Crippen LogP contribution in [0.3, 0.4) is 0 Å². The number of nitrogens with one attached hydrogen (secondary N) is 3. The number of rotatable bonds is 14. The van der Waals surface area contributed by atoms with E-state index < -0.39 is 72.8 Å². The second kappa shape index (κ2) is 13.9. The summed E-state index contributed by atoms with van der Waals surface area (Å²) in [4.78, 5) is 60.1. The molecule has 3 amide bonds. The summed E-state index contributed by atoms with van der Waals surface area (Å²) in [5.74, 6) is -5.59. The monoisotopic (exact) mass is 480 g/mol. The molecule has 5 atom stereocenters. The number of carboxylic acids is 2. The van der Waals surface area contributed by atoms with E-state index >= 15 is 0 Å². The third-order valence-corrected chi connectivity index (χ3v) is 5.24. The van der Waals surface area contributed by atoms with Crippen molar-refractivity contribution in [3.8, 4) is 0 Å². The molecule has 12 heteroatoms. The average Bonchev–Trinajstić information content (AvgIpc) is 2.79. The molecule has 0 fully saturated rings. The maximum Gasteiger partial charge on any atom is 0.326 e. The number of nitrogens with two attached hydrogens (primary N) is 1. The first-order chi connectivity index (χ1) is 16.0. The van der Waals surface area contributed by atoms with E-state index in [9.17, 15) is 34.2 Å². The van der Waals surface area contributed by atoms with Crippen molar-refractivity contribution in [1.82, 2.24) is 16.0 Å². The molecule has 0 bridgehead atoms. The number of benzene rings is 1. The van der Waals surface area contributed by atoms with E-state index in [2.05, 4.69) is 16.0 Å². The molecule has 0 saturated carbocycles. The van der Waals surface area contributed by atoms with Crippen LogP contribution in [0.25, 0.3) is 0 Å². The Labute approximate surface area is 196 Å². The van der Waals surface area contributed by atoms with Crippen LogP contribution in [0.4, 0.5) is 0 Å². The summed E-state index contributed by atoms with van der Waals surface area (Å²) in [5, 5.41) is 34.8. The zero-order valence-electron chi connectivity index (χ0n) is 19.1. The Kier molecular flexibility index (Phi) is 11.7. The van der Waals surface area contributed by atoms with Crippen LogP contribution >= 0.6 is 0 Å². The number of carbonyl (C=O) groups excluding carboxylic acids is 3. The molecule has 34 heavy (non-hydrogen) atoms. The molecule has 0 radical (unpaired) electrons. The maximum atomic E-state index is 12.9. The minimum absolute atomic E-state index is 0.0113. The Hall–Kier alpha value is -3.51. The molecule has 8 N–H and O–H groups in total. The van der Waals surface area contributed by atoms with Crippen molar-refractivity contribution in [2.45, 2.75) is 57.3 Å². The van der Waals surface area contributed by atoms with Crippen LogP contribution in [-0.2, 0) is 30.4 Å². The fourth-order valence-corrected chi connectivity index (χ4v) is 3.02. The first-order valence-corrected chi connectivity index (χ1v) is 10.8. The van der Waals surface area contributed by atoms with Gasteiger partial charge in [0.15, 0.2) is 0 Å². The highest BCUT2D eigenvalue weighted by Crippen LogP contribution is 2.09. The molecule has 0 aromatic heterocycles. The number of aliphatic hydroxyl groups is 1. The van der Waals surface area contributed by atoms with Crippen molar-refractivity contribution in [2.75, 3.05) is 6.61 Å². The fourth-order valence-electron chi connectivity index (χ4n) is 3.02. The van der Waals surface area contributed by atoms with Crippen molar-refractivity contribution >= 4 is 29.7 Å². The molecule has 0 aliphatic carbocycles. The largest absolute Gasteiger partial charge is 0.481 e. The van der Waals surface area contributed by atoms with Crippen LogP contribution < -0.4 is 21.7 Å². The number of carbonyl (C=O) groups is 5. The van der Waals surface area contributed by atoms with Crippen LogP contribution in [0, 0.1) is 5.92 Å². The summed E-state index contributed by atoms with van der Waals surface area (Å²) in [6.07, 6.45) is -0.197. The predicted octanol–water partition coefficient (Wildman–Crippen LogP) is -1.39. The Bertz CT molecular complexity index is 864. The van der Waals surface area contributed by atoms with Gasteiger partial charge in [0.1, 0.15) is 18.1 Å². The minimum Gasteiger partial charge on any atom is -0.481 e. The van der Waals surface area contributed by atoms with Crippen molar-refractivity contribution in [1.29, 1.82) is 0 Å². The Morgan fingerprint density at radius 2 is 1.47 bits per heavy atom. The summed E-state index contributed by atoms with van der Waals surface area (Å²) >= 11 is 0. The van der Waals surface area contributed by atoms with E-state index in [0.29, 0.717) is 12.0 Å². The van der Waals surface area contributed by atoms with Gasteiger partial charge >= 0.3 is 11.9 Å². The summed E-state index contributed by atoms with van der Waals surface area (Å²) in [6.45, 7) is 2.57. The summed E-state index contributed by atoms with van der Waals surface area (Å²) < 4.78 is 0. The second-order valence-corrected chi connectivity index (χ2v) is 7.91. The van der Waals surface area contributed by atoms with Crippen molar-refractivity contribution in [3.05, 3.63) is 35.9 Å². The first kappa shape index (κ1) is 28.5. The molecule has 0 unspecified atom stereocenters. The number of hydrogen-bond acceptors (Lipinski definition) is 7. The van der Waals surface area contributed by atoms with Gasteiger partial charge in [-0.1, -0.05) is 50.6 Å². The maximum absolute atomic E-state index is 12.9. The standard InChI is InChI=1S/C22H32N4O8/c1-3-12(2)18(22(33)34)26-21(32)16(11-27)25-20(31)15(9-13-7-5-4-6-8-13)24-19(30)14(23)10-17(28)29/h4-8,12,14-16,18,27H,3,9-11,23H2,1-2H3,(H,24,30)(H,25,31)(H,26,32)(H,28,29)(H,33,34)/t12-,14-,15-,16-,18-/m0/s1. The average molecular weight is 481 g/mol. The number of hydrogen-bond donors (Lipinski definition) is 7. The van der Waals surface area contributed by atoms with Gasteiger partial charge in [-0.3, -0.25) is 19.2 Å². The van der Waals surface area contributed by atoms with Gasteiger partial charge in [-0.15, -0.1) is 0 Å². The summed E-state index contributed by atoms with van der Waals surface area (Å²) in [5.41, 5.74) is 6.23. The van der Waals surface area contributed by atoms with E-state index in [0.717, 1.165) is 0 Å². The number of amides is 3. The normalized spacial score (nSPS) is 15.2. The van der Waals surface area contributed by atoms with Gasteiger partial charge in [0.05, 0.1) is 19.1 Å². The second-order valence-electron chi connectivity index (χ2n) is 7.91. The van der Waals surface area contributed by atoms with Gasteiger partial charge in [-0.05, 0) is 11.5 Å². The smallest absolute Gasteiger partial charge is 0.326 e. The quantitative estimate of drug-likeness (QED) is 0.167. The van der Waals surface area contributed by atoms with E-state index in [-0.39, 0.29) is 6.42 Å². The van der Waals surface area contributed by atoms with E-state index in [1.807, 2.05) is 0 Å². The topological polar surface area (TPSA) is 208 Å². The SMILES string of the molecule is CC[C@H](C)[C@H](NC(=O)[C@H](CO)NC(=O)[C@H](Cc1ccccc1)NC(=O)[C@@H](N)CC(=O)O)C(=O)O. The first-order valence-electron chi connectivity index (χ1n) is 10.8. The van der Waals surface area contributed by atoms with Gasteiger partial charge in [0.25, 0.3) is 0 Å². The fraction of sp³-hybridized carbons (Fsp3) is 0.500. The Morgan fingerprint density at radius 1 is 0.912 bits per heavy atom. The molecule has 0 saturated heterocycles. The van der Waals surface area contributed by atoms with Crippen LogP contribution in [-0.4, -0.2) is 75.8 Å². The highest BCUT2D eigenvalue weighted by Gasteiger charge is 2.32. The molecule has 1 rings (SSSR count). The van der Waals surface area contributed by atoms with E-state index in [1.165, 1.54) is 0 Å². The molecule has 0 heterocycles. The van der Waals surface area contributed by atoms with Crippen molar-refractivity contribution in [3.63, 3.8) is 0 Å². The molecule has 0 spiro atoms. The van der Waals surface area contributed by atoms with Crippen LogP contribution in [0.2, 0.25) is 0 Å². The lowest BCUT2D eigenvalue weighted by Crippen LogP contribution is -2.59. The lowest BCUT2D eigenvalue weighted by molar-refractivity contribution is -0.144. The Morgan fingerprint density at radius 3 is 1.97 bits per heavy atom. The molecule has 1 aromatic rings. The summed E-state index contributed by atoms with van der Waals surface area (Å²) in [7, 11) is 0. The summed E-state index contributed by atoms with van der Waals surface area (Å²) in [6, 6.07) is 3.21. The van der Waals surface area contributed by atoms with Gasteiger partial charge in [0, 0.05) is 6.42 Å². The number of aliphatic hydroxyl groups excluding tert-OH is 1. The highest BCUT2D eigenvalue weighted by atomic mass is 16.4. The zero-order chi connectivity index (χ0) is 25.8. The van der Waals surface area contributed by atoms with Crippen molar-refractivity contribution in [2.24, 2.45) is 11.7 Å². The predicted molar refractivity (Wildman–Crippen MR) is 120 cm³/mol. The molecule has 0 aliphatic heterocycles. The molecule has 188 valence electrons. The molecule has 0 aliphatic rings. The molecular formula is C22H32N4O8. The third kappa shape index (κ3) is 9.16. The highest BCUT2D eigenvalue weighted by molar-refractivity contribution is 5.95. The molecule has 1 aromatic carbocycles. The van der Waals surface area contributed by atoms with Crippen LogP contribution in [0.15, 0.2) is 30.3 Å². The minimum atomic E-state index is -1.48. The molecular weight excluding hydrogens is 448 g/mol. The Balaban J connectivity index is 3.01. The van der Waals surface area contributed by atoms with Gasteiger partial charge < -0.3 is 37.0 Å². The van der Waals surface area contributed by atoms with Crippen LogP contribution in [0.1, 0.15) is 32.3 Å². The van der Waals surface area contributed by atoms with Crippen LogP contribution in [0.5, 0.6) is 0 Å². The van der Waals surface area contributed by atoms with E-state index in [1.54, 1.807) is 44.2 Å². The van der Waals surface area contributed by atoms with Gasteiger partial charge in [0.2, 0.25) is 17.7 Å². The lowest BCUT2D eigenvalue weighted by atomic mass is 9.99. The van der Waals surface area contributed by atoms with E-state index in [4.69, 9.17) is 10.8 Å². The third-order valence-electron chi connectivity index (χ3n) is 5.24. The van der Waals surface area contributed by atoms with Gasteiger partial charge in [-0.2, -0.15) is 0 Å². The lowest BCUT2D eigenvalue weighted by Gasteiger charge is -2.25. The molecule has 12 nitrogen and oxygen atoms in total. The number of aliphatic carboxylic acids is 2. The van der Waals surface area contributed by atoms with Gasteiger partial charge in [-0.25, -0.2) is 4.79 Å².